The van der Waals surface area contributed by atoms with Crippen molar-refractivity contribution in [3.05, 3.63) is 170 Å². The number of anilines is 3. The molecule has 0 aliphatic carbocycles. The van der Waals surface area contributed by atoms with Crippen LogP contribution >= 0.6 is 11.3 Å². The summed E-state index contributed by atoms with van der Waals surface area (Å²) in [5.41, 5.74) is 9.44. The van der Waals surface area contributed by atoms with Crippen LogP contribution in [0.3, 0.4) is 0 Å². The van der Waals surface area contributed by atoms with Crippen LogP contribution in [-0.2, 0) is 0 Å². The number of hydrogen-bond donors (Lipinski definition) is 0. The molecule has 2 aromatic heterocycles. The second-order valence-electron chi connectivity index (χ2n) is 12.4. The summed E-state index contributed by atoms with van der Waals surface area (Å²) in [5, 5.41) is 8.13. The molecule has 0 amide bonds. The lowest BCUT2D eigenvalue weighted by Crippen LogP contribution is -2.10. The van der Waals surface area contributed by atoms with Gasteiger partial charge in [-0.15, -0.1) is 11.3 Å². The van der Waals surface area contributed by atoms with Gasteiger partial charge in [0.25, 0.3) is 0 Å². The molecule has 0 saturated carbocycles. The highest BCUT2D eigenvalue weighted by molar-refractivity contribution is 7.22. The second-order valence-corrected chi connectivity index (χ2v) is 13.4. The van der Waals surface area contributed by atoms with E-state index in [0.717, 1.165) is 59.8 Å². The zero-order valence-corrected chi connectivity index (χ0v) is 27.2. The summed E-state index contributed by atoms with van der Waals surface area (Å²) in [7, 11) is 0. The fraction of sp³-hybridized carbons (Fsp3) is 0. The van der Waals surface area contributed by atoms with Crippen molar-refractivity contribution in [2.24, 2.45) is 0 Å². The number of rotatable bonds is 5. The predicted octanol–water partition coefficient (Wildman–Crippen LogP) is 13.3. The van der Waals surface area contributed by atoms with Crippen molar-refractivity contribution in [3.8, 4) is 21.7 Å². The van der Waals surface area contributed by atoms with Gasteiger partial charge in [0.1, 0.15) is 16.2 Å². The average Bonchev–Trinajstić information content (AvgIpc) is 3.77. The number of hydrogen-bond acceptors (Lipinski definition) is 4. The molecule has 0 aliphatic rings. The van der Waals surface area contributed by atoms with E-state index in [2.05, 4.69) is 169 Å². The van der Waals surface area contributed by atoms with Gasteiger partial charge in [-0.3, -0.25) is 0 Å². The molecule has 0 radical (unpaired) electrons. The third kappa shape index (κ3) is 4.68. The van der Waals surface area contributed by atoms with Crippen LogP contribution in [0.15, 0.2) is 174 Å². The van der Waals surface area contributed by atoms with Crippen LogP contribution in [0, 0.1) is 0 Å². The highest BCUT2D eigenvalue weighted by Crippen LogP contribution is 2.44. The quantitative estimate of drug-likeness (QED) is 0.175. The Hall–Kier alpha value is -6.23. The Labute approximate surface area is 286 Å². The van der Waals surface area contributed by atoms with Crippen LogP contribution in [0.5, 0.6) is 0 Å². The molecule has 2 heterocycles. The van der Waals surface area contributed by atoms with Crippen LogP contribution in [0.1, 0.15) is 0 Å². The van der Waals surface area contributed by atoms with Crippen LogP contribution < -0.4 is 4.90 Å². The first-order valence-corrected chi connectivity index (χ1v) is 17.3. The van der Waals surface area contributed by atoms with Gasteiger partial charge >= 0.3 is 0 Å². The predicted molar refractivity (Wildman–Crippen MR) is 207 cm³/mol. The monoisotopic (exact) mass is 644 g/mol. The van der Waals surface area contributed by atoms with Gasteiger partial charge in [-0.1, -0.05) is 115 Å². The molecule has 0 unspecified atom stereocenters. The Balaban J connectivity index is 1.21. The van der Waals surface area contributed by atoms with Gasteiger partial charge in [0, 0.05) is 33.4 Å². The topological polar surface area (TPSA) is 29.3 Å². The van der Waals surface area contributed by atoms with E-state index in [0.29, 0.717) is 0 Å². The van der Waals surface area contributed by atoms with Crippen molar-refractivity contribution >= 4 is 82.1 Å². The minimum atomic E-state index is 0.864. The molecule has 0 bridgehead atoms. The highest BCUT2D eigenvalue weighted by atomic mass is 32.1. The molecule has 8 aromatic carbocycles. The van der Waals surface area contributed by atoms with E-state index in [4.69, 9.17) is 9.40 Å². The molecule has 4 heteroatoms. The minimum absolute atomic E-state index is 0.864. The van der Waals surface area contributed by atoms with Gasteiger partial charge in [-0.2, -0.15) is 0 Å². The normalized spacial score (nSPS) is 11.7. The van der Waals surface area contributed by atoms with E-state index in [1.807, 2.05) is 6.07 Å². The molecule has 0 fully saturated rings. The van der Waals surface area contributed by atoms with E-state index in [9.17, 15) is 0 Å². The summed E-state index contributed by atoms with van der Waals surface area (Å²) >= 11 is 1.72. The van der Waals surface area contributed by atoms with Crippen molar-refractivity contribution in [2.75, 3.05) is 4.90 Å². The summed E-state index contributed by atoms with van der Waals surface area (Å²) in [4.78, 5) is 7.40. The zero-order valence-electron chi connectivity index (χ0n) is 26.4. The number of fused-ring (bicyclic) bond motifs is 8. The molecule has 0 aliphatic heterocycles. The first-order valence-electron chi connectivity index (χ1n) is 16.5. The Morgan fingerprint density at radius 2 is 1.08 bits per heavy atom. The standard InChI is InChI=1S/C45H28N2OS/c1-3-10-29(11-4-1)33-15-9-16-34(26-33)47(35-21-20-31-19-18-30-12-7-8-17-37(30)38(31)27-35)36-22-24-41-39(28-36)43-42(48-41)25-23-40-44(43)49-45(46-40)32-13-5-2-6-14-32/h1-28H. The molecule has 0 N–H and O–H groups in total. The van der Waals surface area contributed by atoms with E-state index in [-0.39, 0.29) is 0 Å². The summed E-state index contributed by atoms with van der Waals surface area (Å²) in [6.07, 6.45) is 0. The maximum absolute atomic E-state index is 6.46. The van der Waals surface area contributed by atoms with E-state index in [1.165, 1.54) is 32.7 Å². The summed E-state index contributed by atoms with van der Waals surface area (Å²) in [5.74, 6) is 0. The van der Waals surface area contributed by atoms with Crippen LogP contribution in [0.2, 0.25) is 0 Å². The molecule has 10 aromatic rings. The Kier molecular flexibility index (Phi) is 6.36. The van der Waals surface area contributed by atoms with Crippen LogP contribution in [-0.4, -0.2) is 4.98 Å². The summed E-state index contributed by atoms with van der Waals surface area (Å²) < 4.78 is 7.61. The number of thiazole rings is 1. The van der Waals surface area contributed by atoms with E-state index >= 15 is 0 Å². The first-order chi connectivity index (χ1) is 24.3. The molecule has 0 spiro atoms. The lowest BCUT2D eigenvalue weighted by atomic mass is 10.0. The van der Waals surface area contributed by atoms with E-state index in [1.54, 1.807) is 11.3 Å². The zero-order chi connectivity index (χ0) is 32.3. The van der Waals surface area contributed by atoms with Gasteiger partial charge in [-0.25, -0.2) is 4.98 Å². The first kappa shape index (κ1) is 27.8. The van der Waals surface area contributed by atoms with Crippen LogP contribution in [0.25, 0.3) is 75.4 Å². The van der Waals surface area contributed by atoms with Gasteiger partial charge < -0.3 is 9.32 Å². The second kappa shape index (κ2) is 11.2. The summed E-state index contributed by atoms with van der Waals surface area (Å²) in [6, 6.07) is 60.4. The van der Waals surface area contributed by atoms with E-state index < -0.39 is 0 Å². The highest BCUT2D eigenvalue weighted by Gasteiger charge is 2.19. The minimum Gasteiger partial charge on any atom is -0.456 e. The van der Waals surface area contributed by atoms with Gasteiger partial charge in [-0.05, 0) is 87.3 Å². The molecule has 0 saturated heterocycles. The molecule has 3 nitrogen and oxygen atoms in total. The number of benzene rings is 8. The Bertz CT molecular complexity index is 2840. The number of furan rings is 1. The molecular weight excluding hydrogens is 617 g/mol. The Morgan fingerprint density at radius 1 is 0.449 bits per heavy atom. The maximum Gasteiger partial charge on any atom is 0.137 e. The largest absolute Gasteiger partial charge is 0.456 e. The van der Waals surface area contributed by atoms with Crippen LogP contribution in [0.4, 0.5) is 17.1 Å². The maximum atomic E-state index is 6.46. The summed E-state index contributed by atoms with van der Waals surface area (Å²) in [6.45, 7) is 0. The van der Waals surface area contributed by atoms with Crippen molar-refractivity contribution in [1.29, 1.82) is 0 Å². The molecule has 49 heavy (non-hydrogen) atoms. The number of nitrogens with zero attached hydrogens (tertiary/aromatic N) is 2. The lowest BCUT2D eigenvalue weighted by Gasteiger charge is -2.26. The Morgan fingerprint density at radius 3 is 1.92 bits per heavy atom. The lowest BCUT2D eigenvalue weighted by molar-refractivity contribution is 0.669. The van der Waals surface area contributed by atoms with Gasteiger partial charge in [0.05, 0.1) is 10.2 Å². The van der Waals surface area contributed by atoms with Gasteiger partial charge in [0.2, 0.25) is 0 Å². The van der Waals surface area contributed by atoms with Crippen molar-refractivity contribution in [3.63, 3.8) is 0 Å². The third-order valence-corrected chi connectivity index (χ3v) is 10.6. The van der Waals surface area contributed by atoms with Gasteiger partial charge in [0.15, 0.2) is 0 Å². The SMILES string of the molecule is c1ccc(-c2cccc(N(c3ccc4ccc5ccccc5c4c3)c3ccc4oc5ccc6nc(-c7ccccc7)sc6c5c4c3)c2)cc1. The van der Waals surface area contributed by atoms with Crippen molar-refractivity contribution < 1.29 is 4.42 Å². The molecule has 0 atom stereocenters. The number of aromatic nitrogens is 1. The fourth-order valence-corrected chi connectivity index (χ4v) is 8.23. The molecule has 10 rings (SSSR count). The fourth-order valence-electron chi connectivity index (χ4n) is 7.11. The van der Waals surface area contributed by atoms with Crippen molar-refractivity contribution in [1.82, 2.24) is 4.98 Å². The molecular formula is C45H28N2OS. The average molecular weight is 645 g/mol. The molecule has 230 valence electrons. The third-order valence-electron chi connectivity index (χ3n) is 9.45. The smallest absolute Gasteiger partial charge is 0.137 e. The van der Waals surface area contributed by atoms with Crippen molar-refractivity contribution in [2.45, 2.75) is 0 Å².